The van der Waals surface area contributed by atoms with E-state index in [1.165, 1.54) is 16.3 Å². The highest BCUT2D eigenvalue weighted by atomic mass is 16.5. The molecule has 2 saturated heterocycles. The van der Waals surface area contributed by atoms with Crippen LogP contribution >= 0.6 is 0 Å². The second-order valence-electron chi connectivity index (χ2n) is 11.3. The number of aryl methyl sites for hydroxylation is 2. The number of hydrogen-bond donors (Lipinski definition) is 4. The minimum absolute atomic E-state index is 0.00115. The summed E-state index contributed by atoms with van der Waals surface area (Å²) in [6.45, 7) is 4.11. The van der Waals surface area contributed by atoms with Crippen molar-refractivity contribution in [1.29, 1.82) is 0 Å². The van der Waals surface area contributed by atoms with Crippen molar-refractivity contribution >= 4 is 23.2 Å². The van der Waals surface area contributed by atoms with Crippen LogP contribution in [0.1, 0.15) is 40.6 Å². The van der Waals surface area contributed by atoms with Crippen molar-refractivity contribution in [3.8, 4) is 11.5 Å². The molecular weight excluding hydrogens is 598 g/mol. The number of amides is 2. The van der Waals surface area contributed by atoms with Gasteiger partial charge in [-0.1, -0.05) is 0 Å². The molecule has 3 aliphatic heterocycles. The fraction of sp³-hybridized carbons (Fsp3) is 0.438. The Morgan fingerprint density at radius 1 is 1.00 bits per heavy atom. The summed E-state index contributed by atoms with van der Waals surface area (Å²) in [5.74, 6) is 1.24. The maximum absolute atomic E-state index is 12.9. The van der Waals surface area contributed by atoms with Crippen molar-refractivity contribution in [2.75, 3.05) is 57.2 Å². The van der Waals surface area contributed by atoms with Crippen LogP contribution in [-0.2, 0) is 16.0 Å². The molecule has 14 nitrogen and oxygen atoms in total. The van der Waals surface area contributed by atoms with Crippen LogP contribution < -0.4 is 30.9 Å². The van der Waals surface area contributed by atoms with Crippen molar-refractivity contribution in [3.05, 3.63) is 80.1 Å². The van der Waals surface area contributed by atoms with E-state index in [-0.39, 0.29) is 24.8 Å². The predicted octanol–water partition coefficient (Wildman–Crippen LogP) is 1.04. The molecule has 3 atom stereocenters. The summed E-state index contributed by atoms with van der Waals surface area (Å²) in [6, 6.07) is 11.4. The smallest absolute Gasteiger partial charge is 0.330 e. The van der Waals surface area contributed by atoms with Crippen molar-refractivity contribution in [1.82, 2.24) is 14.5 Å². The van der Waals surface area contributed by atoms with E-state index in [1.54, 1.807) is 39.3 Å². The number of nitrogens with one attached hydrogen (secondary N) is 2. The minimum Gasteiger partial charge on any atom is -0.493 e. The van der Waals surface area contributed by atoms with Crippen molar-refractivity contribution in [3.63, 3.8) is 0 Å². The van der Waals surface area contributed by atoms with Gasteiger partial charge in [0.1, 0.15) is 12.3 Å². The Balaban J connectivity index is 0.000000209. The number of aromatic nitrogens is 2. The Bertz CT molecular complexity index is 1700. The van der Waals surface area contributed by atoms with Gasteiger partial charge in [-0.3, -0.25) is 23.9 Å². The molecule has 14 heteroatoms. The number of piperazine rings is 1. The zero-order valence-electron chi connectivity index (χ0n) is 26.0. The third kappa shape index (κ3) is 7.09. The fourth-order valence-corrected chi connectivity index (χ4v) is 5.74. The van der Waals surface area contributed by atoms with Gasteiger partial charge in [0.25, 0.3) is 11.5 Å². The highest BCUT2D eigenvalue weighted by Gasteiger charge is 2.35. The number of hydrogen-bond acceptors (Lipinski definition) is 10. The maximum Gasteiger partial charge on any atom is 0.330 e. The Morgan fingerprint density at radius 3 is 2.41 bits per heavy atom. The molecule has 4 heterocycles. The number of nitrogens with zero attached hydrogens (tertiary/aromatic N) is 3. The Hall–Kier alpha value is -4.66. The van der Waals surface area contributed by atoms with Gasteiger partial charge < -0.3 is 39.5 Å². The molecule has 3 aromatic rings. The van der Waals surface area contributed by atoms with Gasteiger partial charge in [-0.2, -0.15) is 0 Å². The van der Waals surface area contributed by atoms with Crippen molar-refractivity contribution in [2.24, 2.45) is 0 Å². The Labute approximate surface area is 265 Å². The number of fused-ring (bicyclic) bond motifs is 1. The molecule has 0 unspecified atom stereocenters. The van der Waals surface area contributed by atoms with Crippen LogP contribution in [0.3, 0.4) is 0 Å². The van der Waals surface area contributed by atoms with Crippen LogP contribution in [0.25, 0.3) is 0 Å². The second-order valence-corrected chi connectivity index (χ2v) is 11.3. The van der Waals surface area contributed by atoms with Crippen LogP contribution in [0.2, 0.25) is 0 Å². The number of carbonyl (C=O) groups excluding carboxylic acids is 2. The monoisotopic (exact) mass is 637 g/mol. The van der Waals surface area contributed by atoms with Crippen molar-refractivity contribution in [2.45, 2.75) is 44.6 Å². The lowest BCUT2D eigenvalue weighted by molar-refractivity contribution is -0.116. The Kier molecular flexibility index (Phi) is 10.1. The summed E-state index contributed by atoms with van der Waals surface area (Å²) in [5.41, 5.74) is 3.17. The van der Waals surface area contributed by atoms with E-state index in [0.717, 1.165) is 30.9 Å². The number of rotatable bonds is 6. The third-order valence-electron chi connectivity index (χ3n) is 8.39. The molecule has 2 fully saturated rings. The van der Waals surface area contributed by atoms with Crippen LogP contribution in [-0.4, -0.2) is 95.7 Å². The molecule has 4 N–H and O–H groups in total. The quantitative estimate of drug-likeness (QED) is 0.306. The largest absolute Gasteiger partial charge is 0.493 e. The molecule has 6 rings (SSSR count). The summed E-state index contributed by atoms with van der Waals surface area (Å²) < 4.78 is 17.1. The van der Waals surface area contributed by atoms with Gasteiger partial charge in [-0.05, 0) is 55.3 Å². The summed E-state index contributed by atoms with van der Waals surface area (Å²) in [4.78, 5) is 53.5. The first-order valence-corrected chi connectivity index (χ1v) is 15.1. The van der Waals surface area contributed by atoms with Crippen LogP contribution in [0.15, 0.2) is 52.2 Å². The molecule has 0 saturated carbocycles. The SMILES string of the molecule is COc1ccc(C(=O)N2CCN(c3ccc4c(c3)CCC(=O)N4)CC2)cc1OC.Cc1cn([C@H]2C[C@H](O)[C@@H](CO)O2)c(=O)[nH]c1=O. The lowest BCUT2D eigenvalue weighted by Gasteiger charge is -2.36. The number of H-pyrrole nitrogens is 1. The molecule has 1 aromatic heterocycles. The third-order valence-corrected chi connectivity index (χ3v) is 8.39. The molecule has 3 aliphatic rings. The van der Waals surface area contributed by atoms with E-state index in [0.29, 0.717) is 42.1 Å². The molecule has 246 valence electrons. The van der Waals surface area contributed by atoms with Crippen LogP contribution in [0.5, 0.6) is 11.5 Å². The first-order valence-electron chi connectivity index (χ1n) is 15.1. The number of benzene rings is 2. The van der Waals surface area contributed by atoms with E-state index in [9.17, 15) is 24.3 Å². The summed E-state index contributed by atoms with van der Waals surface area (Å²) in [5, 5.41) is 21.4. The minimum atomic E-state index is -0.816. The topological polar surface area (TPSA) is 176 Å². The zero-order chi connectivity index (χ0) is 33.0. The normalized spacial score (nSPS) is 20.7. The van der Waals surface area contributed by atoms with Gasteiger partial charge in [0, 0.05) is 67.7 Å². The lowest BCUT2D eigenvalue weighted by atomic mass is 10.0. The number of aliphatic hydroxyl groups is 2. The van der Waals surface area contributed by atoms with Crippen molar-refractivity contribution < 1.29 is 34.0 Å². The van der Waals surface area contributed by atoms with Crippen LogP contribution in [0.4, 0.5) is 11.4 Å². The molecule has 0 bridgehead atoms. The zero-order valence-corrected chi connectivity index (χ0v) is 26.0. The predicted molar refractivity (Wildman–Crippen MR) is 169 cm³/mol. The molecule has 2 amide bonds. The standard InChI is InChI=1S/C22H25N3O4.C10H14N2O5/c1-28-19-7-3-16(14-20(19)29-2)22(27)25-11-9-24(10-12-25)17-5-6-18-15(13-17)4-8-21(26)23-18;1-5-3-12(10(16)11-9(5)15)8-2-6(14)7(4-13)17-8/h3,5-7,13-14H,4,8-12H2,1-2H3,(H,23,26);3,6-8,13-14H,2,4H2,1H3,(H,11,15,16)/t;6-,7+,8+/m.0/s1. The molecule has 0 radical (unpaired) electrons. The number of aromatic amines is 1. The molecule has 0 spiro atoms. The van der Waals surface area contributed by atoms with E-state index in [2.05, 4.69) is 21.3 Å². The highest BCUT2D eigenvalue weighted by Crippen LogP contribution is 2.30. The van der Waals surface area contributed by atoms with Gasteiger partial charge in [0.2, 0.25) is 5.91 Å². The number of aliphatic hydroxyl groups excluding tert-OH is 2. The first-order chi connectivity index (χ1) is 22.1. The number of ether oxygens (including phenoxy) is 3. The first kappa shape index (κ1) is 32.7. The highest BCUT2D eigenvalue weighted by molar-refractivity contribution is 5.95. The van der Waals surface area contributed by atoms with Gasteiger partial charge in [-0.15, -0.1) is 0 Å². The van der Waals surface area contributed by atoms with Crippen LogP contribution in [0, 0.1) is 6.92 Å². The average Bonchev–Trinajstić information content (AvgIpc) is 3.45. The van der Waals surface area contributed by atoms with Gasteiger partial charge in [-0.25, -0.2) is 4.79 Å². The van der Waals surface area contributed by atoms with Gasteiger partial charge in [0.15, 0.2) is 11.5 Å². The average molecular weight is 638 g/mol. The van der Waals surface area contributed by atoms with E-state index in [1.807, 2.05) is 17.0 Å². The number of carbonyl (C=O) groups is 2. The number of anilines is 2. The lowest BCUT2D eigenvalue weighted by Crippen LogP contribution is -2.48. The molecular formula is C32H39N5O9. The molecule has 2 aromatic carbocycles. The Morgan fingerprint density at radius 2 is 1.74 bits per heavy atom. The summed E-state index contributed by atoms with van der Waals surface area (Å²) in [6.07, 6.45) is 0.722. The summed E-state index contributed by atoms with van der Waals surface area (Å²) in [7, 11) is 3.14. The maximum atomic E-state index is 12.9. The van der Waals surface area contributed by atoms with E-state index < -0.39 is 29.7 Å². The molecule has 46 heavy (non-hydrogen) atoms. The van der Waals surface area contributed by atoms with E-state index >= 15 is 0 Å². The molecule has 0 aliphatic carbocycles. The second kappa shape index (κ2) is 14.2. The van der Waals surface area contributed by atoms with E-state index in [4.69, 9.17) is 19.3 Å². The fourth-order valence-electron chi connectivity index (χ4n) is 5.74. The summed E-state index contributed by atoms with van der Waals surface area (Å²) >= 11 is 0. The van der Waals surface area contributed by atoms with Gasteiger partial charge >= 0.3 is 5.69 Å². The number of methoxy groups -OCH3 is 2. The van der Waals surface area contributed by atoms with Gasteiger partial charge in [0.05, 0.1) is 26.9 Å².